The van der Waals surface area contributed by atoms with E-state index in [1.807, 2.05) is 0 Å². The molecule has 0 aromatic carbocycles. The maximum Gasteiger partial charge on any atom is 0.312 e. The molecule has 1 aliphatic carbocycles. The molecule has 2 unspecified atom stereocenters. The molecule has 0 bridgehead atoms. The van der Waals surface area contributed by atoms with Crippen LogP contribution in [0.25, 0.3) is 0 Å². The molecule has 1 aliphatic heterocycles. The molecule has 0 radical (unpaired) electrons. The van der Waals surface area contributed by atoms with Crippen LogP contribution in [0.4, 0.5) is 0 Å². The Morgan fingerprint density at radius 3 is 2.50 bits per heavy atom. The van der Waals surface area contributed by atoms with Crippen LogP contribution in [0.15, 0.2) is 0 Å². The predicted molar refractivity (Wildman–Crippen MR) is 61.2 cm³/mol. The van der Waals surface area contributed by atoms with Crippen molar-refractivity contribution in [2.45, 2.75) is 52.1 Å². The average molecular weight is 226 g/mol. The zero-order valence-electron chi connectivity index (χ0n) is 10.2. The first-order valence-electron chi connectivity index (χ1n) is 6.51. The van der Waals surface area contributed by atoms with E-state index in [4.69, 9.17) is 4.74 Å². The summed E-state index contributed by atoms with van der Waals surface area (Å²) in [7, 11) is 0. The molecule has 1 N–H and O–H groups in total. The SMILES string of the molecule is CCC(CC)C1(C(=O)O)CCOC1C1CC1. The van der Waals surface area contributed by atoms with Crippen molar-refractivity contribution < 1.29 is 14.6 Å². The van der Waals surface area contributed by atoms with Crippen LogP contribution in [0.2, 0.25) is 0 Å². The number of aliphatic carboxylic acids is 1. The molecule has 2 aliphatic rings. The van der Waals surface area contributed by atoms with Crippen molar-refractivity contribution in [2.24, 2.45) is 17.3 Å². The Hall–Kier alpha value is -0.570. The van der Waals surface area contributed by atoms with E-state index in [2.05, 4.69) is 13.8 Å². The van der Waals surface area contributed by atoms with E-state index in [0.29, 0.717) is 18.9 Å². The van der Waals surface area contributed by atoms with Gasteiger partial charge in [0.1, 0.15) is 0 Å². The highest BCUT2D eigenvalue weighted by atomic mass is 16.5. The van der Waals surface area contributed by atoms with Gasteiger partial charge in [-0.1, -0.05) is 26.7 Å². The second-order valence-electron chi connectivity index (χ2n) is 5.24. The van der Waals surface area contributed by atoms with Crippen molar-refractivity contribution in [2.75, 3.05) is 6.61 Å². The van der Waals surface area contributed by atoms with Crippen LogP contribution in [0.3, 0.4) is 0 Å². The topological polar surface area (TPSA) is 46.5 Å². The van der Waals surface area contributed by atoms with Crippen LogP contribution in [0, 0.1) is 17.3 Å². The molecule has 1 heterocycles. The lowest BCUT2D eigenvalue weighted by Crippen LogP contribution is -2.46. The van der Waals surface area contributed by atoms with Crippen molar-refractivity contribution >= 4 is 5.97 Å². The number of ether oxygens (including phenoxy) is 1. The molecule has 0 spiro atoms. The van der Waals surface area contributed by atoms with Crippen molar-refractivity contribution in [1.82, 2.24) is 0 Å². The lowest BCUT2D eigenvalue weighted by molar-refractivity contribution is -0.158. The number of carbonyl (C=O) groups is 1. The fraction of sp³-hybridized carbons (Fsp3) is 0.923. The summed E-state index contributed by atoms with van der Waals surface area (Å²) in [5, 5.41) is 9.66. The summed E-state index contributed by atoms with van der Waals surface area (Å²) in [6, 6.07) is 0. The molecule has 3 heteroatoms. The number of hydrogen-bond donors (Lipinski definition) is 1. The van der Waals surface area contributed by atoms with Crippen LogP contribution in [-0.2, 0) is 9.53 Å². The first-order chi connectivity index (χ1) is 7.66. The molecule has 3 nitrogen and oxygen atoms in total. The predicted octanol–water partition coefficient (Wildman–Crippen LogP) is 2.69. The first-order valence-corrected chi connectivity index (χ1v) is 6.51. The second-order valence-corrected chi connectivity index (χ2v) is 5.24. The third-order valence-electron chi connectivity index (χ3n) is 4.48. The number of rotatable bonds is 5. The summed E-state index contributed by atoms with van der Waals surface area (Å²) in [5.41, 5.74) is -0.593. The molecule has 2 fully saturated rings. The average Bonchev–Trinajstić information content (AvgIpc) is 3.01. The fourth-order valence-corrected chi connectivity index (χ4v) is 3.46. The van der Waals surface area contributed by atoms with E-state index in [1.54, 1.807) is 0 Å². The number of carboxylic acid groups (broad SMARTS) is 1. The van der Waals surface area contributed by atoms with Gasteiger partial charge in [-0.15, -0.1) is 0 Å². The molecule has 92 valence electrons. The van der Waals surface area contributed by atoms with E-state index in [1.165, 1.54) is 0 Å². The molecule has 1 saturated carbocycles. The third kappa shape index (κ3) is 1.65. The monoisotopic (exact) mass is 226 g/mol. The Morgan fingerprint density at radius 2 is 2.06 bits per heavy atom. The van der Waals surface area contributed by atoms with E-state index in [9.17, 15) is 9.90 Å². The van der Waals surface area contributed by atoms with Crippen molar-refractivity contribution in [1.29, 1.82) is 0 Å². The van der Waals surface area contributed by atoms with Gasteiger partial charge in [-0.05, 0) is 31.1 Å². The maximum absolute atomic E-state index is 11.7. The van der Waals surface area contributed by atoms with Crippen LogP contribution in [0.5, 0.6) is 0 Å². The van der Waals surface area contributed by atoms with Crippen LogP contribution in [-0.4, -0.2) is 23.8 Å². The molecule has 2 rings (SSSR count). The van der Waals surface area contributed by atoms with Crippen LogP contribution >= 0.6 is 0 Å². The maximum atomic E-state index is 11.7. The van der Waals surface area contributed by atoms with E-state index < -0.39 is 11.4 Å². The summed E-state index contributed by atoms with van der Waals surface area (Å²) in [6.45, 7) is 4.83. The van der Waals surface area contributed by atoms with E-state index >= 15 is 0 Å². The van der Waals surface area contributed by atoms with Gasteiger partial charge in [0.05, 0.1) is 11.5 Å². The standard InChI is InChI=1S/C13H22O3/c1-3-10(4-2)13(12(14)15)7-8-16-11(13)9-5-6-9/h9-11H,3-8H2,1-2H3,(H,14,15). The normalized spacial score (nSPS) is 34.6. The van der Waals surface area contributed by atoms with Gasteiger partial charge in [-0.3, -0.25) is 4.79 Å². The van der Waals surface area contributed by atoms with Gasteiger partial charge in [0, 0.05) is 6.61 Å². The molecule has 1 saturated heterocycles. The summed E-state index contributed by atoms with van der Waals surface area (Å²) in [4.78, 5) is 11.7. The summed E-state index contributed by atoms with van der Waals surface area (Å²) >= 11 is 0. The van der Waals surface area contributed by atoms with E-state index in [0.717, 1.165) is 25.7 Å². The van der Waals surface area contributed by atoms with Crippen molar-refractivity contribution in [3.8, 4) is 0 Å². The highest BCUT2D eigenvalue weighted by molar-refractivity contribution is 5.76. The number of hydrogen-bond acceptors (Lipinski definition) is 2. The number of carboxylic acids is 1. The van der Waals surface area contributed by atoms with Crippen molar-refractivity contribution in [3.05, 3.63) is 0 Å². The lowest BCUT2D eigenvalue weighted by atomic mass is 9.67. The van der Waals surface area contributed by atoms with Gasteiger partial charge in [-0.25, -0.2) is 0 Å². The summed E-state index contributed by atoms with van der Waals surface area (Å²) in [6.07, 6.45) is 4.87. The quantitative estimate of drug-likeness (QED) is 0.784. The zero-order chi connectivity index (χ0) is 11.8. The minimum Gasteiger partial charge on any atom is -0.481 e. The third-order valence-corrected chi connectivity index (χ3v) is 4.48. The zero-order valence-corrected chi connectivity index (χ0v) is 10.2. The van der Waals surface area contributed by atoms with Crippen LogP contribution < -0.4 is 0 Å². The molecule has 16 heavy (non-hydrogen) atoms. The Morgan fingerprint density at radius 1 is 1.44 bits per heavy atom. The smallest absolute Gasteiger partial charge is 0.312 e. The molecule has 2 atom stereocenters. The Balaban J connectivity index is 2.28. The largest absolute Gasteiger partial charge is 0.481 e. The molecular weight excluding hydrogens is 204 g/mol. The first kappa shape index (κ1) is 11.9. The minimum absolute atomic E-state index is 0.0186. The summed E-state index contributed by atoms with van der Waals surface area (Å²) in [5.74, 6) is 0.146. The fourth-order valence-electron chi connectivity index (χ4n) is 3.46. The summed E-state index contributed by atoms with van der Waals surface area (Å²) < 4.78 is 5.76. The van der Waals surface area contributed by atoms with Gasteiger partial charge in [0.15, 0.2) is 0 Å². The molecule has 0 aromatic heterocycles. The highest BCUT2D eigenvalue weighted by Crippen LogP contribution is 2.53. The van der Waals surface area contributed by atoms with Gasteiger partial charge < -0.3 is 9.84 Å². The Bertz CT molecular complexity index is 268. The second kappa shape index (κ2) is 4.36. The highest BCUT2D eigenvalue weighted by Gasteiger charge is 2.58. The van der Waals surface area contributed by atoms with Gasteiger partial charge in [-0.2, -0.15) is 0 Å². The lowest BCUT2D eigenvalue weighted by Gasteiger charge is -2.36. The van der Waals surface area contributed by atoms with Gasteiger partial charge >= 0.3 is 5.97 Å². The van der Waals surface area contributed by atoms with Gasteiger partial charge in [0.25, 0.3) is 0 Å². The van der Waals surface area contributed by atoms with Crippen molar-refractivity contribution in [3.63, 3.8) is 0 Å². The van der Waals surface area contributed by atoms with E-state index in [-0.39, 0.29) is 12.0 Å². The Labute approximate surface area is 97.2 Å². The Kier molecular flexibility index (Phi) is 3.24. The van der Waals surface area contributed by atoms with Crippen LogP contribution in [0.1, 0.15) is 46.0 Å². The molecule has 0 aromatic rings. The minimum atomic E-state index is -0.629. The van der Waals surface area contributed by atoms with Gasteiger partial charge in [0.2, 0.25) is 0 Å². The molecular formula is C13H22O3. The molecule has 0 amide bonds.